The minimum Gasteiger partial charge on any atom is -0.481 e. The average Bonchev–Trinajstić information content (AvgIpc) is 2.93. The van der Waals surface area contributed by atoms with Gasteiger partial charge < -0.3 is 19.8 Å². The monoisotopic (exact) mass is 297 g/mol. The number of hydrogen-bond donors (Lipinski definition) is 1. The molecule has 6 nitrogen and oxygen atoms in total. The van der Waals surface area contributed by atoms with Crippen LogP contribution in [0.1, 0.15) is 32.1 Å². The number of rotatable bonds is 4. The number of carbonyl (C=O) groups is 2. The molecule has 21 heavy (non-hydrogen) atoms. The number of carbonyl (C=O) groups excluding carboxylic acids is 1. The summed E-state index contributed by atoms with van der Waals surface area (Å²) in [5.41, 5.74) is 0. The van der Waals surface area contributed by atoms with Crippen LogP contribution in [0.5, 0.6) is 0 Å². The highest BCUT2D eigenvalue weighted by Crippen LogP contribution is 2.23. The van der Waals surface area contributed by atoms with Crippen LogP contribution in [0.15, 0.2) is 0 Å². The fourth-order valence-corrected chi connectivity index (χ4v) is 3.33. The van der Waals surface area contributed by atoms with Crippen LogP contribution >= 0.6 is 0 Å². The Morgan fingerprint density at radius 3 is 2.48 bits per heavy atom. The second-order valence-electron chi connectivity index (χ2n) is 6.46. The molecule has 0 aromatic carbocycles. The topological polar surface area (TPSA) is 64.1 Å². The number of nitrogens with zero attached hydrogens (tertiary/aromatic N) is 3. The highest BCUT2D eigenvalue weighted by molar-refractivity contribution is 5.75. The Bertz CT molecular complexity index is 380. The summed E-state index contributed by atoms with van der Waals surface area (Å²) in [6, 6.07) is 0.453. The number of piperidine rings is 1. The molecule has 0 aromatic heterocycles. The van der Waals surface area contributed by atoms with E-state index in [0.717, 1.165) is 38.9 Å². The van der Waals surface area contributed by atoms with Crippen molar-refractivity contribution < 1.29 is 14.7 Å². The van der Waals surface area contributed by atoms with Crippen molar-refractivity contribution in [1.29, 1.82) is 0 Å². The Hall–Kier alpha value is -1.30. The van der Waals surface area contributed by atoms with Gasteiger partial charge in [0, 0.05) is 32.6 Å². The molecule has 0 bridgehead atoms. The molecule has 2 heterocycles. The summed E-state index contributed by atoms with van der Waals surface area (Å²) in [6.07, 6.45) is 3.89. The van der Waals surface area contributed by atoms with Crippen molar-refractivity contribution in [3.05, 3.63) is 0 Å². The number of hydrogen-bond acceptors (Lipinski definition) is 3. The number of amides is 2. The SMILES string of the molecule is CN1CCC(N(C)C(=O)N2CCC(CCC(=O)O)C2)CC1. The van der Waals surface area contributed by atoms with Gasteiger partial charge in [0.2, 0.25) is 0 Å². The Balaban J connectivity index is 1.79. The molecular weight excluding hydrogens is 270 g/mol. The van der Waals surface area contributed by atoms with Crippen LogP contribution in [0.3, 0.4) is 0 Å². The molecule has 0 radical (unpaired) electrons. The lowest BCUT2D eigenvalue weighted by Gasteiger charge is -2.36. The molecule has 6 heteroatoms. The largest absolute Gasteiger partial charge is 0.481 e. The zero-order valence-corrected chi connectivity index (χ0v) is 13.1. The van der Waals surface area contributed by atoms with E-state index in [2.05, 4.69) is 11.9 Å². The molecule has 0 aliphatic carbocycles. The van der Waals surface area contributed by atoms with Crippen molar-refractivity contribution in [2.45, 2.75) is 38.1 Å². The first-order valence-electron chi connectivity index (χ1n) is 7.89. The van der Waals surface area contributed by atoms with E-state index in [4.69, 9.17) is 5.11 Å². The first-order valence-corrected chi connectivity index (χ1v) is 7.89. The van der Waals surface area contributed by atoms with Crippen molar-refractivity contribution in [2.75, 3.05) is 40.3 Å². The molecule has 2 fully saturated rings. The molecular formula is C15H27N3O3. The number of urea groups is 1. The van der Waals surface area contributed by atoms with Crippen LogP contribution in [0.25, 0.3) is 0 Å². The highest BCUT2D eigenvalue weighted by Gasteiger charge is 2.31. The van der Waals surface area contributed by atoms with Gasteiger partial charge in [-0.2, -0.15) is 0 Å². The van der Waals surface area contributed by atoms with Gasteiger partial charge in [0.25, 0.3) is 0 Å². The lowest BCUT2D eigenvalue weighted by Crippen LogP contribution is -2.49. The number of carboxylic acid groups (broad SMARTS) is 1. The van der Waals surface area contributed by atoms with Gasteiger partial charge >= 0.3 is 12.0 Å². The Morgan fingerprint density at radius 1 is 1.19 bits per heavy atom. The van der Waals surface area contributed by atoms with Crippen molar-refractivity contribution in [3.8, 4) is 0 Å². The average molecular weight is 297 g/mol. The van der Waals surface area contributed by atoms with Gasteiger partial charge in [0.15, 0.2) is 0 Å². The maximum atomic E-state index is 12.5. The lowest BCUT2D eigenvalue weighted by molar-refractivity contribution is -0.137. The molecule has 2 aliphatic heterocycles. The smallest absolute Gasteiger partial charge is 0.320 e. The van der Waals surface area contributed by atoms with Crippen LogP contribution in [-0.2, 0) is 4.79 Å². The third-order valence-electron chi connectivity index (χ3n) is 4.86. The molecule has 120 valence electrons. The molecule has 0 aromatic rings. The van der Waals surface area contributed by atoms with Gasteiger partial charge in [-0.05, 0) is 51.7 Å². The third-order valence-corrected chi connectivity index (χ3v) is 4.86. The van der Waals surface area contributed by atoms with E-state index < -0.39 is 5.97 Å². The zero-order valence-electron chi connectivity index (χ0n) is 13.1. The lowest BCUT2D eigenvalue weighted by atomic mass is 10.0. The molecule has 1 unspecified atom stereocenters. The molecule has 1 atom stereocenters. The fraction of sp³-hybridized carbons (Fsp3) is 0.867. The van der Waals surface area contributed by atoms with Crippen LogP contribution in [0.2, 0.25) is 0 Å². The molecule has 2 rings (SSSR count). The molecule has 0 saturated carbocycles. The second kappa shape index (κ2) is 7.11. The summed E-state index contributed by atoms with van der Waals surface area (Å²) in [6.45, 7) is 3.57. The number of aliphatic carboxylic acids is 1. The van der Waals surface area contributed by atoms with E-state index in [1.165, 1.54) is 0 Å². The fourth-order valence-electron chi connectivity index (χ4n) is 3.33. The van der Waals surface area contributed by atoms with Gasteiger partial charge in [-0.25, -0.2) is 4.79 Å². The van der Waals surface area contributed by atoms with Crippen LogP contribution in [-0.4, -0.2) is 78.1 Å². The highest BCUT2D eigenvalue weighted by atomic mass is 16.4. The molecule has 1 N–H and O–H groups in total. The van der Waals surface area contributed by atoms with Crippen molar-refractivity contribution in [3.63, 3.8) is 0 Å². The van der Waals surface area contributed by atoms with E-state index in [1.807, 2.05) is 16.8 Å². The standard InChI is InChI=1S/C15H27N3O3/c1-16-8-6-13(7-9-16)17(2)15(21)18-10-5-12(11-18)3-4-14(19)20/h12-13H,3-11H2,1-2H3,(H,19,20). The zero-order chi connectivity index (χ0) is 15.4. The summed E-state index contributed by atoms with van der Waals surface area (Å²) in [4.78, 5) is 29.2. The summed E-state index contributed by atoms with van der Waals surface area (Å²) in [5.74, 6) is -0.404. The van der Waals surface area contributed by atoms with Crippen LogP contribution < -0.4 is 0 Å². The van der Waals surface area contributed by atoms with E-state index >= 15 is 0 Å². The number of carboxylic acids is 1. The first-order chi connectivity index (χ1) is 9.97. The molecule has 2 saturated heterocycles. The van der Waals surface area contributed by atoms with Gasteiger partial charge in [0.05, 0.1) is 0 Å². The minimum atomic E-state index is -0.747. The predicted molar refractivity (Wildman–Crippen MR) is 80.2 cm³/mol. The summed E-state index contributed by atoms with van der Waals surface area (Å²) in [5, 5.41) is 8.74. The Kier molecular flexibility index (Phi) is 5.45. The van der Waals surface area contributed by atoms with E-state index in [0.29, 0.717) is 24.9 Å². The van der Waals surface area contributed by atoms with Crippen molar-refractivity contribution in [2.24, 2.45) is 5.92 Å². The first kappa shape index (κ1) is 16.1. The van der Waals surface area contributed by atoms with Gasteiger partial charge in [-0.3, -0.25) is 4.79 Å². The van der Waals surface area contributed by atoms with E-state index in [9.17, 15) is 9.59 Å². The second-order valence-corrected chi connectivity index (χ2v) is 6.46. The Labute approximate surface area is 126 Å². The quantitative estimate of drug-likeness (QED) is 0.850. The van der Waals surface area contributed by atoms with Crippen molar-refractivity contribution in [1.82, 2.24) is 14.7 Å². The van der Waals surface area contributed by atoms with Gasteiger partial charge in [0.1, 0.15) is 0 Å². The predicted octanol–water partition coefficient (Wildman–Crippen LogP) is 1.32. The molecule has 2 amide bonds. The van der Waals surface area contributed by atoms with E-state index in [-0.39, 0.29) is 12.5 Å². The van der Waals surface area contributed by atoms with Gasteiger partial charge in [-0.15, -0.1) is 0 Å². The summed E-state index contributed by atoms with van der Waals surface area (Å²) < 4.78 is 0. The maximum Gasteiger partial charge on any atom is 0.320 e. The normalized spacial score (nSPS) is 24.3. The van der Waals surface area contributed by atoms with E-state index in [1.54, 1.807) is 0 Å². The summed E-state index contributed by atoms with van der Waals surface area (Å²) >= 11 is 0. The minimum absolute atomic E-state index is 0.113. The Morgan fingerprint density at radius 2 is 1.86 bits per heavy atom. The molecule has 2 aliphatic rings. The summed E-state index contributed by atoms with van der Waals surface area (Å²) in [7, 11) is 4.02. The van der Waals surface area contributed by atoms with Crippen LogP contribution in [0, 0.1) is 5.92 Å². The van der Waals surface area contributed by atoms with Crippen LogP contribution in [0.4, 0.5) is 4.79 Å². The van der Waals surface area contributed by atoms with Crippen molar-refractivity contribution >= 4 is 12.0 Å². The molecule has 0 spiro atoms. The third kappa shape index (κ3) is 4.33. The number of likely N-dealkylation sites (tertiary alicyclic amines) is 2. The van der Waals surface area contributed by atoms with Gasteiger partial charge in [-0.1, -0.05) is 0 Å². The maximum absolute atomic E-state index is 12.5.